The average molecular weight is 303 g/mol. The summed E-state index contributed by atoms with van der Waals surface area (Å²) >= 11 is 6.84. The molecule has 2 atom stereocenters. The molecule has 0 bridgehead atoms. The predicted molar refractivity (Wildman–Crippen MR) is 48.5 cm³/mol. The van der Waals surface area contributed by atoms with E-state index in [9.17, 15) is 4.79 Å². The molecule has 1 aliphatic rings. The number of rotatable bonds is 3. The van der Waals surface area contributed by atoms with Crippen molar-refractivity contribution in [3.05, 3.63) is 0 Å². The summed E-state index contributed by atoms with van der Waals surface area (Å²) in [7, 11) is 0. The molecule has 0 amide bonds. The fraction of sp³-hybridized carbons (Fsp3) is 0.600. The molecule has 0 saturated carbocycles. The maximum absolute atomic E-state index is 10.6. The van der Waals surface area contributed by atoms with Crippen molar-refractivity contribution >= 4 is 54.1 Å². The van der Waals surface area contributed by atoms with Crippen molar-refractivity contribution in [1.82, 2.24) is 0 Å². The van der Waals surface area contributed by atoms with Crippen LogP contribution >= 0.6 is 12.6 Å². The number of carbonyl (C=O) groups is 1. The van der Waals surface area contributed by atoms with Gasteiger partial charge in [-0.15, -0.1) is 0 Å². The van der Waals surface area contributed by atoms with Crippen LogP contribution in [0.25, 0.3) is 0 Å². The summed E-state index contributed by atoms with van der Waals surface area (Å²) in [6.45, 7) is 0. The van der Waals surface area contributed by atoms with E-state index < -0.39 is 14.1 Å². The Bertz CT molecular complexity index is 225. The van der Waals surface area contributed by atoms with Gasteiger partial charge in [-0.2, -0.15) is 0 Å². The first-order valence-electron chi connectivity index (χ1n) is 2.85. The third kappa shape index (κ3) is 1.44. The summed E-state index contributed by atoms with van der Waals surface area (Å²) in [5.41, 5.74) is 5.57. The summed E-state index contributed by atoms with van der Waals surface area (Å²) in [4.78, 5) is 12.4. The van der Waals surface area contributed by atoms with Gasteiger partial charge in [0.15, 0.2) is 0 Å². The van der Waals surface area contributed by atoms with Crippen molar-refractivity contribution in [2.75, 3.05) is 0 Å². The number of hydrogen-bond donors (Lipinski definition) is 3. The van der Waals surface area contributed by atoms with Crippen molar-refractivity contribution < 1.29 is 9.90 Å². The van der Waals surface area contributed by atoms with Crippen molar-refractivity contribution in [3.8, 4) is 0 Å². The van der Waals surface area contributed by atoms with Gasteiger partial charge in [0.2, 0.25) is 0 Å². The number of aliphatic carboxylic acids is 1. The summed E-state index contributed by atoms with van der Waals surface area (Å²) < 4.78 is -1.53. The van der Waals surface area contributed by atoms with Gasteiger partial charge in [0.1, 0.15) is 0 Å². The second kappa shape index (κ2) is 2.87. The molecule has 11 heavy (non-hydrogen) atoms. The monoisotopic (exact) mass is 305 g/mol. The molecule has 6 heteroatoms. The van der Waals surface area contributed by atoms with E-state index in [0.717, 1.165) is 0 Å². The number of hydrogen-bond acceptors (Lipinski definition) is 3. The molecule has 0 aromatic heterocycles. The van der Waals surface area contributed by atoms with Crippen molar-refractivity contribution in [2.45, 2.75) is 14.5 Å². The van der Waals surface area contributed by atoms with E-state index in [1.165, 1.54) is 0 Å². The predicted octanol–water partition coefficient (Wildman–Crippen LogP) is -1.57. The Kier molecular flexibility index (Phi) is 2.55. The fourth-order valence-corrected chi connectivity index (χ4v) is 4.93. The van der Waals surface area contributed by atoms with Gasteiger partial charge in [-0.05, 0) is 0 Å². The zero-order valence-corrected chi connectivity index (χ0v) is 9.80. The van der Waals surface area contributed by atoms with E-state index in [0.29, 0.717) is 6.42 Å². The molecule has 0 radical (unpaired) electrons. The molecule has 1 fully saturated rings. The van der Waals surface area contributed by atoms with Gasteiger partial charge in [0.25, 0.3) is 0 Å². The molecule has 3 nitrogen and oxygen atoms in total. The molecule has 62 valence electrons. The Hall–Kier alpha value is 0.689. The van der Waals surface area contributed by atoms with Crippen molar-refractivity contribution in [2.24, 2.45) is 5.73 Å². The Morgan fingerprint density at radius 1 is 1.91 bits per heavy atom. The Morgan fingerprint density at radius 2 is 2.45 bits per heavy atom. The molecule has 2 unspecified atom stereocenters. The van der Waals surface area contributed by atoms with Gasteiger partial charge in [-0.3, -0.25) is 0 Å². The van der Waals surface area contributed by atoms with Gasteiger partial charge in [-0.25, -0.2) is 0 Å². The third-order valence-electron chi connectivity index (χ3n) is 1.55. The average Bonchev–Trinajstić information content (AvgIpc) is 2.38. The Labute approximate surface area is 84.0 Å². The normalized spacial score (nSPS) is 41.6. The van der Waals surface area contributed by atoms with Crippen LogP contribution in [0, 0.1) is 0 Å². The molecule has 1 rings (SSSR count). The number of nitrogens with two attached hydrogens (primary N) is 1. The van der Waals surface area contributed by atoms with Crippen LogP contribution in [0.1, 0.15) is 6.42 Å². The topological polar surface area (TPSA) is 63.3 Å². The quantitative estimate of drug-likeness (QED) is 0.436. The second-order valence-corrected chi connectivity index (χ2v) is 7.68. The van der Waals surface area contributed by atoms with Crippen LogP contribution in [0.5, 0.6) is 0 Å². The maximum atomic E-state index is 10.6. The molecule has 1 aliphatic heterocycles. The summed E-state index contributed by atoms with van der Waals surface area (Å²) in [6, 6.07) is 0. The zero-order valence-electron chi connectivity index (χ0n) is 5.48. The van der Waals surface area contributed by atoms with Crippen molar-refractivity contribution in [3.63, 3.8) is 0 Å². The molecule has 0 aliphatic carbocycles. The molecular weight excluding hydrogens is 296 g/mol. The van der Waals surface area contributed by atoms with Crippen LogP contribution in [0.15, 0.2) is 0 Å². The SMILES string of the molecule is NC1(C(=O)O)[Se]C1(S)CC=[Se]. The van der Waals surface area contributed by atoms with E-state index in [-0.39, 0.29) is 15.0 Å². The van der Waals surface area contributed by atoms with Gasteiger partial charge in [0, 0.05) is 0 Å². The molecule has 1 heterocycles. The summed E-state index contributed by atoms with van der Waals surface area (Å²) in [5, 5.41) is 8.69. The summed E-state index contributed by atoms with van der Waals surface area (Å²) in [6.07, 6.45) is 0.624. The standard InChI is InChI=1S/C5H7NO2SSe2/c6-5(3(7)8)4(9,11-5)1-2-10/h2,9H,1,6H2,(H,7,8). The molecular formula is C5H7NO2SSe2. The van der Waals surface area contributed by atoms with E-state index in [1.54, 1.807) is 4.92 Å². The van der Waals surface area contributed by atoms with Crippen molar-refractivity contribution in [1.29, 1.82) is 0 Å². The number of carboxylic acid groups (broad SMARTS) is 1. The Balaban J connectivity index is 2.70. The minimum atomic E-state index is -1.05. The van der Waals surface area contributed by atoms with E-state index >= 15 is 0 Å². The van der Waals surface area contributed by atoms with Gasteiger partial charge < -0.3 is 0 Å². The van der Waals surface area contributed by atoms with Gasteiger partial charge in [0.05, 0.1) is 0 Å². The van der Waals surface area contributed by atoms with Crippen LogP contribution in [-0.4, -0.2) is 54.6 Å². The third-order valence-corrected chi connectivity index (χ3v) is 6.32. The first-order chi connectivity index (χ1) is 4.96. The minimum absolute atomic E-state index is 0.102. The first-order valence-corrected chi connectivity index (χ1v) is 6.00. The van der Waals surface area contributed by atoms with E-state index in [2.05, 4.69) is 28.2 Å². The van der Waals surface area contributed by atoms with Crippen LogP contribution in [0.2, 0.25) is 0 Å². The molecule has 0 aromatic rings. The van der Waals surface area contributed by atoms with Crippen LogP contribution in [0.3, 0.4) is 0 Å². The fourth-order valence-electron chi connectivity index (χ4n) is 0.758. The molecule has 0 aromatic carbocycles. The molecule has 0 spiro atoms. The van der Waals surface area contributed by atoms with Crippen LogP contribution in [0.4, 0.5) is 0 Å². The van der Waals surface area contributed by atoms with E-state index in [4.69, 9.17) is 10.8 Å². The second-order valence-electron chi connectivity index (χ2n) is 2.30. The van der Waals surface area contributed by atoms with Crippen LogP contribution < -0.4 is 5.73 Å². The number of thiol groups is 1. The summed E-state index contributed by atoms with van der Waals surface area (Å²) in [5.74, 6) is -0.936. The van der Waals surface area contributed by atoms with Gasteiger partial charge in [-0.1, -0.05) is 0 Å². The van der Waals surface area contributed by atoms with Gasteiger partial charge >= 0.3 is 84.2 Å². The molecule has 1 saturated heterocycles. The Morgan fingerprint density at radius 3 is 2.73 bits per heavy atom. The zero-order chi connectivity index (χ0) is 8.70. The van der Waals surface area contributed by atoms with Crippen LogP contribution in [-0.2, 0) is 4.79 Å². The van der Waals surface area contributed by atoms with E-state index in [1.807, 2.05) is 0 Å². The number of carboxylic acids is 1. The first kappa shape index (κ1) is 9.77. The molecule has 3 N–H and O–H groups in total.